The van der Waals surface area contributed by atoms with Gasteiger partial charge in [-0.2, -0.15) is 0 Å². The maximum absolute atomic E-state index is 11.4. The number of halogens is 1. The predicted molar refractivity (Wildman–Crippen MR) is 74.9 cm³/mol. The Morgan fingerprint density at radius 1 is 1.38 bits per heavy atom. The number of aromatic nitrogens is 1. The van der Waals surface area contributed by atoms with Gasteiger partial charge in [-0.1, -0.05) is 11.6 Å². The van der Waals surface area contributed by atoms with Gasteiger partial charge in [-0.3, -0.25) is 14.9 Å². The monoisotopic (exact) mass is 308 g/mol. The summed E-state index contributed by atoms with van der Waals surface area (Å²) in [6, 6.07) is 5.31. The van der Waals surface area contributed by atoms with Gasteiger partial charge in [-0.25, -0.2) is 4.79 Å². The molecule has 0 spiro atoms. The van der Waals surface area contributed by atoms with Crippen LogP contribution < -0.4 is 5.43 Å². The summed E-state index contributed by atoms with van der Waals surface area (Å²) < 4.78 is 1.39. The lowest BCUT2D eigenvalue weighted by Gasteiger charge is -2.08. The summed E-state index contributed by atoms with van der Waals surface area (Å²) in [7, 11) is 0. The van der Waals surface area contributed by atoms with E-state index in [1.807, 2.05) is 0 Å². The van der Waals surface area contributed by atoms with Gasteiger partial charge in [-0.15, -0.1) is 0 Å². The average molecular weight is 309 g/mol. The summed E-state index contributed by atoms with van der Waals surface area (Å²) in [6.45, 7) is 0.0496. The normalized spacial score (nSPS) is 10.3. The van der Waals surface area contributed by atoms with E-state index in [-0.39, 0.29) is 17.3 Å². The highest BCUT2D eigenvalue weighted by Gasteiger charge is 2.15. The van der Waals surface area contributed by atoms with Crippen LogP contribution in [0.15, 0.2) is 41.5 Å². The van der Waals surface area contributed by atoms with Crippen molar-refractivity contribution >= 4 is 23.3 Å². The molecule has 0 radical (unpaired) electrons. The Kier molecular flexibility index (Phi) is 4.04. The second kappa shape index (κ2) is 5.76. The average Bonchev–Trinajstić information content (AvgIpc) is 2.42. The fourth-order valence-electron chi connectivity index (χ4n) is 1.82. The number of carbonyl (C=O) groups is 1. The van der Waals surface area contributed by atoms with Crippen LogP contribution in [-0.4, -0.2) is 20.6 Å². The molecule has 0 aliphatic heterocycles. The van der Waals surface area contributed by atoms with Crippen molar-refractivity contribution in [3.63, 3.8) is 0 Å². The third kappa shape index (κ3) is 3.26. The highest BCUT2D eigenvalue weighted by molar-refractivity contribution is 6.30. The Bertz CT molecular complexity index is 784. The first-order valence-electron chi connectivity index (χ1n) is 5.74. The molecule has 1 N–H and O–H groups in total. The van der Waals surface area contributed by atoms with E-state index in [4.69, 9.17) is 16.7 Å². The number of benzene rings is 1. The molecule has 0 fully saturated rings. The second-order valence-corrected chi connectivity index (χ2v) is 4.67. The van der Waals surface area contributed by atoms with Gasteiger partial charge in [0.25, 0.3) is 5.69 Å². The Morgan fingerprint density at radius 2 is 2.10 bits per heavy atom. The number of rotatable bonds is 4. The smallest absolute Gasteiger partial charge is 0.341 e. The zero-order valence-electron chi connectivity index (χ0n) is 10.5. The molecular weight excluding hydrogens is 300 g/mol. The van der Waals surface area contributed by atoms with Crippen molar-refractivity contribution in [2.24, 2.45) is 0 Å². The first-order chi connectivity index (χ1) is 9.88. The number of pyridine rings is 1. The van der Waals surface area contributed by atoms with Gasteiger partial charge in [-0.05, 0) is 12.1 Å². The van der Waals surface area contributed by atoms with Crippen LogP contribution >= 0.6 is 11.6 Å². The molecule has 108 valence electrons. The summed E-state index contributed by atoms with van der Waals surface area (Å²) >= 11 is 5.72. The van der Waals surface area contributed by atoms with Gasteiger partial charge >= 0.3 is 5.97 Å². The Morgan fingerprint density at radius 3 is 2.71 bits per heavy atom. The van der Waals surface area contributed by atoms with Crippen LogP contribution in [0.25, 0.3) is 0 Å². The molecule has 2 aromatic rings. The van der Waals surface area contributed by atoms with E-state index in [2.05, 4.69) is 0 Å². The van der Waals surface area contributed by atoms with Gasteiger partial charge in [0.2, 0.25) is 0 Å². The molecule has 1 heterocycles. The van der Waals surface area contributed by atoms with Crippen molar-refractivity contribution in [1.82, 2.24) is 4.57 Å². The number of hydrogen-bond acceptors (Lipinski definition) is 4. The summed E-state index contributed by atoms with van der Waals surface area (Å²) in [5.41, 5.74) is -0.832. The molecule has 1 aromatic heterocycles. The lowest BCUT2D eigenvalue weighted by molar-refractivity contribution is -0.385. The minimum absolute atomic E-state index is 0.0496. The Hall–Kier alpha value is -2.67. The first-order valence-corrected chi connectivity index (χ1v) is 6.12. The van der Waals surface area contributed by atoms with Crippen molar-refractivity contribution < 1.29 is 14.8 Å². The van der Waals surface area contributed by atoms with E-state index < -0.39 is 21.9 Å². The van der Waals surface area contributed by atoms with Gasteiger partial charge in [0, 0.05) is 35.1 Å². The zero-order chi connectivity index (χ0) is 15.6. The number of hydrogen-bond donors (Lipinski definition) is 1. The number of aromatic carboxylic acids is 1. The van der Waals surface area contributed by atoms with Crippen molar-refractivity contribution in [3.05, 3.63) is 73.1 Å². The Balaban J connectivity index is 2.43. The van der Waals surface area contributed by atoms with E-state index in [1.165, 1.54) is 29.0 Å². The molecular formula is C13H9ClN2O5. The second-order valence-electron chi connectivity index (χ2n) is 4.23. The molecule has 7 nitrogen and oxygen atoms in total. The third-order valence-corrected chi connectivity index (χ3v) is 3.04. The van der Waals surface area contributed by atoms with E-state index in [1.54, 1.807) is 0 Å². The molecule has 0 amide bonds. The van der Waals surface area contributed by atoms with Crippen LogP contribution in [0.1, 0.15) is 15.9 Å². The largest absolute Gasteiger partial charge is 0.477 e. The molecule has 1 aromatic carbocycles. The zero-order valence-corrected chi connectivity index (χ0v) is 11.3. The van der Waals surface area contributed by atoms with E-state index in [9.17, 15) is 19.7 Å². The number of nitro benzene ring substituents is 1. The number of nitrogens with zero attached hydrogens (tertiary/aromatic N) is 2. The van der Waals surface area contributed by atoms with E-state index >= 15 is 0 Å². The van der Waals surface area contributed by atoms with E-state index in [0.29, 0.717) is 5.56 Å². The van der Waals surface area contributed by atoms with Crippen molar-refractivity contribution in [3.8, 4) is 0 Å². The standard InChI is InChI=1S/C13H9ClN2O5/c14-9-2-1-8(11(5-9)16(20)21)6-15-4-3-12(17)10(7-15)13(18)19/h1-5,7H,6H2,(H,18,19). The molecule has 0 saturated heterocycles. The fraction of sp³-hybridized carbons (Fsp3) is 0.0769. The Labute approximate surface area is 123 Å². The summed E-state index contributed by atoms with van der Waals surface area (Å²) in [5, 5.41) is 20.1. The van der Waals surface area contributed by atoms with Crippen LogP contribution in [0.3, 0.4) is 0 Å². The number of nitro groups is 1. The minimum Gasteiger partial charge on any atom is -0.477 e. The highest BCUT2D eigenvalue weighted by atomic mass is 35.5. The van der Waals surface area contributed by atoms with Crippen LogP contribution in [0.4, 0.5) is 5.69 Å². The summed E-state index contributed by atoms with van der Waals surface area (Å²) in [5.74, 6) is -1.35. The maximum Gasteiger partial charge on any atom is 0.341 e. The van der Waals surface area contributed by atoms with Crippen LogP contribution in [0, 0.1) is 10.1 Å². The SMILES string of the molecule is O=C(O)c1cn(Cc2ccc(Cl)cc2[N+](=O)[O-])ccc1=O. The molecule has 0 aliphatic carbocycles. The van der Waals surface area contributed by atoms with Gasteiger partial charge < -0.3 is 9.67 Å². The van der Waals surface area contributed by atoms with Crippen molar-refractivity contribution in [1.29, 1.82) is 0 Å². The van der Waals surface area contributed by atoms with Crippen LogP contribution in [0.5, 0.6) is 0 Å². The van der Waals surface area contributed by atoms with Crippen LogP contribution in [-0.2, 0) is 6.54 Å². The minimum atomic E-state index is -1.35. The van der Waals surface area contributed by atoms with Gasteiger partial charge in [0.1, 0.15) is 5.56 Å². The van der Waals surface area contributed by atoms with Gasteiger partial charge in [0.05, 0.1) is 11.5 Å². The quantitative estimate of drug-likeness (QED) is 0.688. The molecule has 0 unspecified atom stereocenters. The van der Waals surface area contributed by atoms with Crippen molar-refractivity contribution in [2.45, 2.75) is 6.54 Å². The lowest BCUT2D eigenvalue weighted by atomic mass is 10.1. The lowest BCUT2D eigenvalue weighted by Crippen LogP contribution is -2.17. The fourth-order valence-corrected chi connectivity index (χ4v) is 1.99. The molecule has 2 rings (SSSR count). The number of carboxylic acids is 1. The van der Waals surface area contributed by atoms with Gasteiger partial charge in [0.15, 0.2) is 5.43 Å². The van der Waals surface area contributed by atoms with Crippen molar-refractivity contribution in [2.75, 3.05) is 0 Å². The van der Waals surface area contributed by atoms with E-state index in [0.717, 1.165) is 12.3 Å². The molecule has 8 heteroatoms. The molecule has 0 atom stereocenters. The number of carboxylic acid groups (broad SMARTS) is 1. The molecule has 0 saturated carbocycles. The molecule has 0 aliphatic rings. The topological polar surface area (TPSA) is 102 Å². The molecule has 21 heavy (non-hydrogen) atoms. The molecule has 0 bridgehead atoms. The third-order valence-electron chi connectivity index (χ3n) is 2.81. The predicted octanol–water partition coefficient (Wildman–Crippen LogP) is 2.16. The maximum atomic E-state index is 11.4. The summed E-state index contributed by atoms with van der Waals surface area (Å²) in [6.07, 6.45) is 2.51. The van der Waals surface area contributed by atoms with Crippen LogP contribution in [0.2, 0.25) is 5.02 Å². The highest BCUT2D eigenvalue weighted by Crippen LogP contribution is 2.23. The summed E-state index contributed by atoms with van der Waals surface area (Å²) in [4.78, 5) is 32.7. The first kappa shape index (κ1) is 14.7.